The van der Waals surface area contributed by atoms with Crippen LogP contribution in [0.15, 0.2) is 18.3 Å². The fraction of sp³-hybridized carbons (Fsp3) is 0.688. The normalized spacial score (nSPS) is 27.6. The molecule has 0 spiro atoms. The third-order valence-corrected chi connectivity index (χ3v) is 4.62. The van der Waals surface area contributed by atoms with E-state index in [-0.39, 0.29) is 0 Å². The summed E-state index contributed by atoms with van der Waals surface area (Å²) < 4.78 is 5.11. The number of nitrogens with zero attached hydrogens (tertiary/aromatic N) is 2. The molecule has 110 valence electrons. The monoisotopic (exact) mass is 275 g/mol. The zero-order valence-electron chi connectivity index (χ0n) is 12.3. The van der Waals surface area contributed by atoms with Gasteiger partial charge in [-0.3, -0.25) is 4.90 Å². The van der Waals surface area contributed by atoms with Crippen molar-refractivity contribution in [1.29, 1.82) is 0 Å². The Kier molecular flexibility index (Phi) is 4.53. The maximum absolute atomic E-state index is 5.11. The number of nitrogens with one attached hydrogen (secondary N) is 1. The predicted octanol–water partition coefficient (Wildman–Crippen LogP) is 2.05. The molecule has 20 heavy (non-hydrogen) atoms. The fourth-order valence-corrected chi connectivity index (χ4v) is 3.56. The second kappa shape index (κ2) is 6.55. The summed E-state index contributed by atoms with van der Waals surface area (Å²) in [4.78, 5) is 6.88. The quantitative estimate of drug-likeness (QED) is 0.912. The van der Waals surface area contributed by atoms with Crippen LogP contribution in [-0.4, -0.2) is 42.7 Å². The van der Waals surface area contributed by atoms with E-state index in [2.05, 4.69) is 21.3 Å². The molecule has 0 aliphatic carbocycles. The highest BCUT2D eigenvalue weighted by Gasteiger charge is 2.28. The summed E-state index contributed by atoms with van der Waals surface area (Å²) in [5.74, 6) is 1.53. The van der Waals surface area contributed by atoms with Gasteiger partial charge in [-0.25, -0.2) is 4.98 Å². The summed E-state index contributed by atoms with van der Waals surface area (Å²) in [6.07, 6.45) is 7.36. The summed E-state index contributed by atoms with van der Waals surface area (Å²) in [7, 11) is 1.66. The van der Waals surface area contributed by atoms with Crippen molar-refractivity contribution < 1.29 is 4.74 Å². The van der Waals surface area contributed by atoms with Crippen LogP contribution in [0.4, 0.5) is 0 Å². The second-order valence-corrected chi connectivity index (χ2v) is 6.05. The molecule has 1 aromatic rings. The Balaban J connectivity index is 1.56. The summed E-state index contributed by atoms with van der Waals surface area (Å²) in [5.41, 5.74) is 1.28. The van der Waals surface area contributed by atoms with Crippen LogP contribution in [0, 0.1) is 5.92 Å². The van der Waals surface area contributed by atoms with Gasteiger partial charge in [0.25, 0.3) is 0 Å². The lowest BCUT2D eigenvalue weighted by molar-refractivity contribution is 0.145. The molecule has 2 aliphatic rings. The molecule has 1 aromatic heterocycles. The first kappa shape index (κ1) is 13.8. The summed E-state index contributed by atoms with van der Waals surface area (Å²) >= 11 is 0. The molecule has 4 heteroatoms. The number of rotatable bonds is 4. The Labute approximate surface area is 121 Å². The van der Waals surface area contributed by atoms with Gasteiger partial charge in [-0.1, -0.05) is 6.07 Å². The van der Waals surface area contributed by atoms with Gasteiger partial charge in [-0.05, 0) is 50.3 Å². The van der Waals surface area contributed by atoms with E-state index in [9.17, 15) is 0 Å². The summed E-state index contributed by atoms with van der Waals surface area (Å²) in [6, 6.07) is 4.84. The molecule has 2 atom stereocenters. The molecule has 0 bridgehead atoms. The first-order chi connectivity index (χ1) is 9.85. The lowest BCUT2D eigenvalue weighted by Crippen LogP contribution is -2.43. The van der Waals surface area contributed by atoms with Crippen molar-refractivity contribution in [3.63, 3.8) is 0 Å². The van der Waals surface area contributed by atoms with E-state index in [1.165, 1.54) is 50.9 Å². The van der Waals surface area contributed by atoms with Crippen LogP contribution >= 0.6 is 0 Å². The standard InChI is InChI=1S/C16H25N3O/c1-20-16-7-6-13(10-18-16)11-19-9-3-4-14(12-19)15-5-2-8-17-15/h6-7,10,14-15,17H,2-5,8-9,11-12H2,1H3. The molecule has 2 fully saturated rings. The molecule has 1 N–H and O–H groups in total. The van der Waals surface area contributed by atoms with E-state index in [0.717, 1.165) is 18.5 Å². The van der Waals surface area contributed by atoms with Crippen LogP contribution < -0.4 is 10.1 Å². The van der Waals surface area contributed by atoms with Crippen LogP contribution in [0.5, 0.6) is 5.88 Å². The Morgan fingerprint density at radius 2 is 2.30 bits per heavy atom. The average molecular weight is 275 g/mol. The van der Waals surface area contributed by atoms with E-state index < -0.39 is 0 Å². The minimum absolute atomic E-state index is 0.695. The number of pyridine rings is 1. The van der Waals surface area contributed by atoms with E-state index in [4.69, 9.17) is 4.74 Å². The van der Waals surface area contributed by atoms with Crippen LogP contribution in [0.2, 0.25) is 0 Å². The number of likely N-dealkylation sites (tertiary alicyclic amines) is 1. The Morgan fingerprint density at radius 3 is 3.00 bits per heavy atom. The lowest BCUT2D eigenvalue weighted by Gasteiger charge is -2.35. The van der Waals surface area contributed by atoms with E-state index in [1.807, 2.05) is 12.3 Å². The number of aromatic nitrogens is 1. The van der Waals surface area contributed by atoms with Gasteiger partial charge < -0.3 is 10.1 Å². The van der Waals surface area contributed by atoms with Crippen molar-refractivity contribution in [2.24, 2.45) is 5.92 Å². The van der Waals surface area contributed by atoms with Gasteiger partial charge in [0.1, 0.15) is 0 Å². The number of hydrogen-bond donors (Lipinski definition) is 1. The molecule has 2 saturated heterocycles. The third kappa shape index (κ3) is 3.30. The van der Waals surface area contributed by atoms with Crippen molar-refractivity contribution in [3.05, 3.63) is 23.9 Å². The Morgan fingerprint density at radius 1 is 1.35 bits per heavy atom. The topological polar surface area (TPSA) is 37.4 Å². The first-order valence-electron chi connectivity index (χ1n) is 7.80. The molecule has 3 heterocycles. The zero-order valence-corrected chi connectivity index (χ0v) is 12.3. The second-order valence-electron chi connectivity index (χ2n) is 6.05. The minimum Gasteiger partial charge on any atom is -0.481 e. The van der Waals surface area contributed by atoms with Gasteiger partial charge in [0.05, 0.1) is 7.11 Å². The number of piperidine rings is 1. The van der Waals surface area contributed by atoms with E-state index in [0.29, 0.717) is 5.88 Å². The van der Waals surface area contributed by atoms with Crippen molar-refractivity contribution in [3.8, 4) is 5.88 Å². The lowest BCUT2D eigenvalue weighted by atomic mass is 9.89. The first-order valence-corrected chi connectivity index (χ1v) is 7.80. The number of methoxy groups -OCH3 is 1. The van der Waals surface area contributed by atoms with Crippen molar-refractivity contribution >= 4 is 0 Å². The number of hydrogen-bond acceptors (Lipinski definition) is 4. The highest BCUT2D eigenvalue weighted by atomic mass is 16.5. The van der Waals surface area contributed by atoms with Crippen LogP contribution in [0.1, 0.15) is 31.2 Å². The average Bonchev–Trinajstić information content (AvgIpc) is 3.03. The van der Waals surface area contributed by atoms with Gasteiger partial charge in [-0.2, -0.15) is 0 Å². The van der Waals surface area contributed by atoms with Gasteiger partial charge in [0.15, 0.2) is 0 Å². The Bertz CT molecular complexity index is 414. The predicted molar refractivity (Wildman–Crippen MR) is 79.8 cm³/mol. The van der Waals surface area contributed by atoms with Crippen LogP contribution in [-0.2, 0) is 6.54 Å². The zero-order chi connectivity index (χ0) is 13.8. The van der Waals surface area contributed by atoms with Crippen molar-refractivity contribution in [2.45, 2.75) is 38.3 Å². The van der Waals surface area contributed by atoms with Gasteiger partial charge in [0, 0.05) is 31.4 Å². The molecule has 0 radical (unpaired) electrons. The minimum atomic E-state index is 0.695. The molecule has 2 aliphatic heterocycles. The SMILES string of the molecule is COc1ccc(CN2CCCC(C3CCCN3)C2)cn1. The largest absolute Gasteiger partial charge is 0.481 e. The van der Waals surface area contributed by atoms with E-state index >= 15 is 0 Å². The molecule has 0 amide bonds. The van der Waals surface area contributed by atoms with Crippen molar-refractivity contribution in [1.82, 2.24) is 15.2 Å². The van der Waals surface area contributed by atoms with Crippen LogP contribution in [0.3, 0.4) is 0 Å². The maximum Gasteiger partial charge on any atom is 0.212 e. The molecule has 2 unspecified atom stereocenters. The van der Waals surface area contributed by atoms with Gasteiger partial charge >= 0.3 is 0 Å². The molecular formula is C16H25N3O. The highest BCUT2D eigenvalue weighted by Crippen LogP contribution is 2.25. The molecule has 0 aromatic carbocycles. The summed E-state index contributed by atoms with van der Waals surface area (Å²) in [6.45, 7) is 4.67. The number of ether oxygens (including phenoxy) is 1. The molecular weight excluding hydrogens is 250 g/mol. The Hall–Kier alpha value is -1.13. The summed E-state index contributed by atoms with van der Waals surface area (Å²) in [5, 5.41) is 3.67. The smallest absolute Gasteiger partial charge is 0.212 e. The van der Waals surface area contributed by atoms with Crippen LogP contribution in [0.25, 0.3) is 0 Å². The van der Waals surface area contributed by atoms with Crippen molar-refractivity contribution in [2.75, 3.05) is 26.7 Å². The fourth-order valence-electron chi connectivity index (χ4n) is 3.56. The maximum atomic E-state index is 5.11. The highest BCUT2D eigenvalue weighted by molar-refractivity contribution is 5.17. The molecule has 4 nitrogen and oxygen atoms in total. The van der Waals surface area contributed by atoms with Gasteiger partial charge in [-0.15, -0.1) is 0 Å². The third-order valence-electron chi connectivity index (χ3n) is 4.62. The molecule has 0 saturated carbocycles. The molecule has 3 rings (SSSR count). The van der Waals surface area contributed by atoms with E-state index in [1.54, 1.807) is 7.11 Å². The van der Waals surface area contributed by atoms with Gasteiger partial charge in [0.2, 0.25) is 5.88 Å².